The van der Waals surface area contributed by atoms with Gasteiger partial charge in [0.1, 0.15) is 4.88 Å². The van der Waals surface area contributed by atoms with Crippen LogP contribution in [0.3, 0.4) is 0 Å². The molecule has 0 aliphatic rings. The average molecular weight is 445 g/mol. The second kappa shape index (κ2) is 8.32. The first-order chi connectivity index (χ1) is 12.9. The fraction of sp³-hybridized carbons (Fsp3) is 0.105. The summed E-state index contributed by atoms with van der Waals surface area (Å²) >= 11 is 4.50. The first-order valence-electron chi connectivity index (χ1n) is 8.10. The molecule has 0 fully saturated rings. The molecule has 138 valence electrons. The van der Waals surface area contributed by atoms with E-state index in [0.29, 0.717) is 27.1 Å². The molecule has 3 amide bonds. The SMILES string of the molecule is Cc1ccc(NC(=O)Nc2nc(C)c(C(=O)Nc3cccc(Br)c3)s2)cc1. The summed E-state index contributed by atoms with van der Waals surface area (Å²) in [6.45, 7) is 3.71. The summed E-state index contributed by atoms with van der Waals surface area (Å²) in [5.41, 5.74) is 3.02. The predicted octanol–water partition coefficient (Wildman–Crippen LogP) is 5.42. The molecule has 3 N–H and O–H groups in total. The molecule has 0 radical (unpaired) electrons. The monoisotopic (exact) mass is 444 g/mol. The third-order valence-electron chi connectivity index (χ3n) is 3.62. The molecule has 2 aromatic carbocycles. The zero-order valence-electron chi connectivity index (χ0n) is 14.7. The minimum Gasteiger partial charge on any atom is -0.321 e. The van der Waals surface area contributed by atoms with Crippen LogP contribution < -0.4 is 16.0 Å². The highest BCUT2D eigenvalue weighted by molar-refractivity contribution is 9.10. The van der Waals surface area contributed by atoms with E-state index in [4.69, 9.17) is 0 Å². The zero-order valence-corrected chi connectivity index (χ0v) is 17.1. The number of anilines is 3. The molecule has 0 aliphatic heterocycles. The summed E-state index contributed by atoms with van der Waals surface area (Å²) in [4.78, 5) is 29.3. The molecular formula is C19H17BrN4O2S. The number of aryl methyl sites for hydroxylation is 2. The van der Waals surface area contributed by atoms with Crippen LogP contribution in [0.5, 0.6) is 0 Å². The van der Waals surface area contributed by atoms with Gasteiger partial charge in [0, 0.05) is 15.8 Å². The van der Waals surface area contributed by atoms with Crippen molar-refractivity contribution in [1.82, 2.24) is 4.98 Å². The number of hydrogen-bond acceptors (Lipinski definition) is 4. The Morgan fingerprint density at radius 1 is 0.963 bits per heavy atom. The van der Waals surface area contributed by atoms with Crippen LogP contribution in [-0.4, -0.2) is 16.9 Å². The molecule has 0 unspecified atom stereocenters. The van der Waals surface area contributed by atoms with Gasteiger partial charge in [0.25, 0.3) is 5.91 Å². The van der Waals surface area contributed by atoms with Crippen LogP contribution in [0.1, 0.15) is 20.9 Å². The molecular weight excluding hydrogens is 428 g/mol. The van der Waals surface area contributed by atoms with Crippen molar-refractivity contribution in [3.8, 4) is 0 Å². The van der Waals surface area contributed by atoms with E-state index in [-0.39, 0.29) is 5.91 Å². The second-order valence-corrected chi connectivity index (χ2v) is 7.76. The number of nitrogens with zero attached hydrogens (tertiary/aromatic N) is 1. The molecule has 3 aromatic rings. The molecule has 6 nitrogen and oxygen atoms in total. The molecule has 0 spiro atoms. The van der Waals surface area contributed by atoms with Crippen LogP contribution in [-0.2, 0) is 0 Å². The molecule has 27 heavy (non-hydrogen) atoms. The first kappa shape index (κ1) is 19.1. The van der Waals surface area contributed by atoms with Crippen LogP contribution >= 0.6 is 27.3 Å². The molecule has 1 heterocycles. The molecule has 0 aliphatic carbocycles. The van der Waals surface area contributed by atoms with Gasteiger partial charge in [0.05, 0.1) is 5.69 Å². The molecule has 0 saturated heterocycles. The van der Waals surface area contributed by atoms with Crippen LogP contribution in [0.2, 0.25) is 0 Å². The molecule has 0 atom stereocenters. The molecule has 0 bridgehead atoms. The van der Waals surface area contributed by atoms with Gasteiger partial charge in [0.15, 0.2) is 5.13 Å². The summed E-state index contributed by atoms with van der Waals surface area (Å²) in [6, 6.07) is 14.4. The number of urea groups is 1. The highest BCUT2D eigenvalue weighted by Crippen LogP contribution is 2.24. The third kappa shape index (κ3) is 5.15. The summed E-state index contributed by atoms with van der Waals surface area (Å²) in [5.74, 6) is -0.268. The Morgan fingerprint density at radius 2 is 1.70 bits per heavy atom. The van der Waals surface area contributed by atoms with Crippen molar-refractivity contribution in [1.29, 1.82) is 0 Å². The molecule has 1 aromatic heterocycles. The number of halogens is 1. The van der Waals surface area contributed by atoms with E-state index < -0.39 is 6.03 Å². The van der Waals surface area contributed by atoms with Gasteiger partial charge in [0.2, 0.25) is 0 Å². The van der Waals surface area contributed by atoms with Crippen molar-refractivity contribution in [2.24, 2.45) is 0 Å². The number of carbonyl (C=O) groups excluding carboxylic acids is 2. The van der Waals surface area contributed by atoms with E-state index in [9.17, 15) is 9.59 Å². The summed E-state index contributed by atoms with van der Waals surface area (Å²) in [5, 5.41) is 8.58. The van der Waals surface area contributed by atoms with Gasteiger partial charge in [-0.1, -0.05) is 51.0 Å². The fourth-order valence-corrected chi connectivity index (χ4v) is 3.57. The fourth-order valence-electron chi connectivity index (χ4n) is 2.31. The Morgan fingerprint density at radius 3 is 2.41 bits per heavy atom. The van der Waals surface area contributed by atoms with E-state index in [1.165, 1.54) is 0 Å². The first-order valence-corrected chi connectivity index (χ1v) is 9.70. The lowest BCUT2D eigenvalue weighted by molar-refractivity contribution is 0.103. The number of thiazole rings is 1. The number of carbonyl (C=O) groups is 2. The van der Waals surface area contributed by atoms with Gasteiger partial charge < -0.3 is 10.6 Å². The Bertz CT molecular complexity index is 986. The van der Waals surface area contributed by atoms with E-state index in [1.807, 2.05) is 49.4 Å². The zero-order chi connectivity index (χ0) is 19.4. The van der Waals surface area contributed by atoms with Crippen molar-refractivity contribution in [2.45, 2.75) is 13.8 Å². The van der Waals surface area contributed by atoms with Crippen LogP contribution in [0.15, 0.2) is 53.0 Å². The summed E-state index contributed by atoms with van der Waals surface area (Å²) < 4.78 is 0.872. The van der Waals surface area contributed by atoms with E-state index in [1.54, 1.807) is 13.0 Å². The normalized spacial score (nSPS) is 10.3. The lowest BCUT2D eigenvalue weighted by atomic mass is 10.2. The second-order valence-electron chi connectivity index (χ2n) is 5.84. The van der Waals surface area contributed by atoms with Crippen molar-refractivity contribution >= 4 is 55.7 Å². The number of rotatable bonds is 4. The number of hydrogen-bond donors (Lipinski definition) is 3. The van der Waals surface area contributed by atoms with Crippen LogP contribution in [0.4, 0.5) is 21.3 Å². The molecule has 8 heteroatoms. The maximum absolute atomic E-state index is 12.5. The topological polar surface area (TPSA) is 83.1 Å². The summed E-state index contributed by atoms with van der Waals surface area (Å²) in [7, 11) is 0. The average Bonchev–Trinajstić information content (AvgIpc) is 2.97. The van der Waals surface area contributed by atoms with E-state index in [0.717, 1.165) is 21.4 Å². The number of aromatic nitrogens is 1. The Labute approximate surface area is 169 Å². The Kier molecular flexibility index (Phi) is 5.88. The maximum Gasteiger partial charge on any atom is 0.325 e. The van der Waals surface area contributed by atoms with Crippen molar-refractivity contribution < 1.29 is 9.59 Å². The van der Waals surface area contributed by atoms with Gasteiger partial charge in [-0.05, 0) is 44.2 Å². The standard InChI is InChI=1S/C19H17BrN4O2S/c1-11-6-8-14(9-7-11)23-18(26)24-19-21-12(2)16(27-19)17(25)22-15-5-3-4-13(20)10-15/h3-10H,1-2H3,(H,22,25)(H2,21,23,24,26). The Balaban J connectivity index is 1.65. The van der Waals surface area contributed by atoms with Gasteiger partial charge in [-0.15, -0.1) is 0 Å². The molecule has 0 saturated carbocycles. The van der Waals surface area contributed by atoms with Crippen LogP contribution in [0, 0.1) is 13.8 Å². The summed E-state index contributed by atoms with van der Waals surface area (Å²) in [6.07, 6.45) is 0. The van der Waals surface area contributed by atoms with Gasteiger partial charge in [-0.25, -0.2) is 9.78 Å². The highest BCUT2D eigenvalue weighted by Gasteiger charge is 2.17. The number of nitrogens with one attached hydrogen (secondary N) is 3. The van der Waals surface area contributed by atoms with E-state index >= 15 is 0 Å². The Hall–Kier alpha value is -2.71. The van der Waals surface area contributed by atoms with Gasteiger partial charge >= 0.3 is 6.03 Å². The minimum absolute atomic E-state index is 0.268. The maximum atomic E-state index is 12.5. The van der Waals surface area contributed by atoms with Crippen molar-refractivity contribution in [2.75, 3.05) is 16.0 Å². The predicted molar refractivity (Wildman–Crippen MR) is 113 cm³/mol. The quantitative estimate of drug-likeness (QED) is 0.502. The lowest BCUT2D eigenvalue weighted by Gasteiger charge is -2.05. The van der Waals surface area contributed by atoms with Crippen molar-refractivity contribution in [3.05, 3.63) is 69.1 Å². The number of amides is 3. The highest BCUT2D eigenvalue weighted by atomic mass is 79.9. The molecule has 3 rings (SSSR count). The third-order valence-corrected chi connectivity index (χ3v) is 5.18. The minimum atomic E-state index is -0.411. The van der Waals surface area contributed by atoms with E-state index in [2.05, 4.69) is 36.9 Å². The smallest absolute Gasteiger partial charge is 0.321 e. The largest absolute Gasteiger partial charge is 0.325 e. The lowest BCUT2D eigenvalue weighted by Crippen LogP contribution is -2.19. The van der Waals surface area contributed by atoms with Crippen molar-refractivity contribution in [3.63, 3.8) is 0 Å². The van der Waals surface area contributed by atoms with Gasteiger partial charge in [-0.3, -0.25) is 10.1 Å². The van der Waals surface area contributed by atoms with Crippen LogP contribution in [0.25, 0.3) is 0 Å². The van der Waals surface area contributed by atoms with Gasteiger partial charge in [-0.2, -0.15) is 0 Å². The number of benzene rings is 2.